The Balaban J connectivity index is 1.66. The Hall–Kier alpha value is -2.34. The number of benzene rings is 2. The molecular formula is C25H34NO4S. The molecule has 2 aromatic rings. The highest BCUT2D eigenvalue weighted by molar-refractivity contribution is 7.92. The molecule has 0 atom stereocenters. The molecule has 0 saturated carbocycles. The lowest BCUT2D eigenvalue weighted by molar-refractivity contribution is 0.304. The Morgan fingerprint density at radius 2 is 1.32 bits per heavy atom. The molecule has 0 aliphatic heterocycles. The number of unbranched alkanes of at least 4 members (excludes halogenated alkanes) is 9. The van der Waals surface area contributed by atoms with Crippen LogP contribution < -0.4 is 9.46 Å². The van der Waals surface area contributed by atoms with Crippen molar-refractivity contribution in [1.82, 2.24) is 0 Å². The average molecular weight is 445 g/mol. The van der Waals surface area contributed by atoms with Gasteiger partial charge in [-0.25, -0.2) is 8.42 Å². The van der Waals surface area contributed by atoms with Gasteiger partial charge in [0, 0.05) is 11.3 Å². The number of sulfonamides is 1. The molecule has 1 radical (unpaired) electrons. The van der Waals surface area contributed by atoms with Crippen molar-refractivity contribution in [1.29, 1.82) is 0 Å². The zero-order valence-corrected chi connectivity index (χ0v) is 19.3. The van der Waals surface area contributed by atoms with Crippen LogP contribution in [0.15, 0.2) is 53.4 Å². The summed E-state index contributed by atoms with van der Waals surface area (Å²) >= 11 is 0. The molecule has 2 aromatic carbocycles. The van der Waals surface area contributed by atoms with E-state index in [-0.39, 0.29) is 4.90 Å². The van der Waals surface area contributed by atoms with E-state index in [1.807, 2.05) is 0 Å². The molecule has 1 N–H and O–H groups in total. The van der Waals surface area contributed by atoms with E-state index >= 15 is 0 Å². The molecule has 2 rings (SSSR count). The average Bonchev–Trinajstić information content (AvgIpc) is 2.78. The van der Waals surface area contributed by atoms with Crippen molar-refractivity contribution in [2.75, 3.05) is 11.3 Å². The van der Waals surface area contributed by atoms with Crippen LogP contribution in [-0.2, 0) is 14.8 Å². The number of carbonyl (C=O) groups excluding carboxylic acids is 1. The first kappa shape index (κ1) is 24.9. The van der Waals surface area contributed by atoms with Gasteiger partial charge in [0.05, 0.1) is 11.5 Å². The van der Waals surface area contributed by atoms with Gasteiger partial charge in [-0.15, -0.1) is 0 Å². The highest BCUT2D eigenvalue weighted by Gasteiger charge is 2.14. The number of hydrogen-bond acceptors (Lipinski definition) is 4. The van der Waals surface area contributed by atoms with Gasteiger partial charge in [-0.3, -0.25) is 9.52 Å². The summed E-state index contributed by atoms with van der Waals surface area (Å²) < 4.78 is 33.2. The largest absolute Gasteiger partial charge is 0.494 e. The minimum absolute atomic E-state index is 0.157. The molecule has 0 bridgehead atoms. The third kappa shape index (κ3) is 9.55. The maximum Gasteiger partial charge on any atom is 0.261 e. The van der Waals surface area contributed by atoms with Gasteiger partial charge in [-0.1, -0.05) is 64.7 Å². The van der Waals surface area contributed by atoms with E-state index in [2.05, 4.69) is 11.6 Å². The van der Waals surface area contributed by atoms with Gasteiger partial charge in [0.15, 0.2) is 0 Å². The van der Waals surface area contributed by atoms with Gasteiger partial charge in [-0.2, -0.15) is 0 Å². The Morgan fingerprint density at radius 1 is 0.774 bits per heavy atom. The van der Waals surface area contributed by atoms with Crippen molar-refractivity contribution < 1.29 is 17.9 Å². The molecule has 0 heterocycles. The van der Waals surface area contributed by atoms with Crippen LogP contribution in [0.1, 0.15) is 76.7 Å². The monoisotopic (exact) mass is 444 g/mol. The molecular weight excluding hydrogens is 410 g/mol. The van der Waals surface area contributed by atoms with Crippen LogP contribution in [0.3, 0.4) is 0 Å². The van der Waals surface area contributed by atoms with E-state index in [9.17, 15) is 13.2 Å². The quantitative estimate of drug-likeness (QED) is 0.311. The molecule has 0 amide bonds. The minimum atomic E-state index is -3.70. The summed E-state index contributed by atoms with van der Waals surface area (Å²) in [5.41, 5.74) is 0.757. The summed E-state index contributed by atoms with van der Waals surface area (Å²) in [6.45, 7) is 2.88. The summed E-state index contributed by atoms with van der Waals surface area (Å²) in [5.74, 6) is 0.667. The first-order valence-electron chi connectivity index (χ1n) is 11.3. The van der Waals surface area contributed by atoms with Gasteiger partial charge >= 0.3 is 0 Å². The molecule has 6 heteroatoms. The third-order valence-corrected chi connectivity index (χ3v) is 6.55. The van der Waals surface area contributed by atoms with E-state index in [0.717, 1.165) is 12.8 Å². The predicted octanol–water partition coefficient (Wildman–Crippen LogP) is 6.24. The second-order valence-electron chi connectivity index (χ2n) is 7.79. The highest BCUT2D eigenvalue weighted by Crippen LogP contribution is 2.20. The van der Waals surface area contributed by atoms with Crippen LogP contribution in [0.25, 0.3) is 0 Å². The lowest BCUT2D eigenvalue weighted by Gasteiger charge is -2.10. The fourth-order valence-corrected chi connectivity index (χ4v) is 4.37. The first-order chi connectivity index (χ1) is 15.0. The van der Waals surface area contributed by atoms with E-state index in [0.29, 0.717) is 23.6 Å². The Kier molecular flexibility index (Phi) is 11.1. The van der Waals surface area contributed by atoms with Crippen molar-refractivity contribution in [2.24, 2.45) is 0 Å². The molecule has 0 aliphatic rings. The van der Waals surface area contributed by atoms with Crippen molar-refractivity contribution in [3.8, 4) is 5.75 Å². The van der Waals surface area contributed by atoms with Crippen LogP contribution >= 0.6 is 0 Å². The molecule has 0 saturated heterocycles. The van der Waals surface area contributed by atoms with Crippen LogP contribution in [0.2, 0.25) is 0 Å². The topological polar surface area (TPSA) is 72.5 Å². The molecule has 0 fully saturated rings. The van der Waals surface area contributed by atoms with Crippen molar-refractivity contribution in [3.05, 3.63) is 54.1 Å². The summed E-state index contributed by atoms with van der Waals surface area (Å²) in [5, 5.41) is 0. The van der Waals surface area contributed by atoms with E-state index < -0.39 is 10.0 Å². The Labute approximate surface area is 187 Å². The zero-order chi connectivity index (χ0) is 22.4. The smallest absolute Gasteiger partial charge is 0.261 e. The summed E-state index contributed by atoms with van der Waals surface area (Å²) in [7, 11) is -3.70. The summed E-state index contributed by atoms with van der Waals surface area (Å²) in [6.07, 6.45) is 14.5. The molecule has 5 nitrogen and oxygen atoms in total. The van der Waals surface area contributed by atoms with Crippen molar-refractivity contribution in [2.45, 2.75) is 76.0 Å². The van der Waals surface area contributed by atoms with E-state index in [1.165, 1.54) is 87.8 Å². The molecule has 31 heavy (non-hydrogen) atoms. The maximum absolute atomic E-state index is 12.5. The van der Waals surface area contributed by atoms with Gasteiger partial charge in [-0.05, 0) is 55.0 Å². The van der Waals surface area contributed by atoms with Crippen LogP contribution in [0.5, 0.6) is 5.75 Å². The number of rotatable bonds is 16. The van der Waals surface area contributed by atoms with Gasteiger partial charge in [0.25, 0.3) is 10.0 Å². The zero-order valence-electron chi connectivity index (χ0n) is 18.4. The number of hydrogen-bond donors (Lipinski definition) is 1. The standard InChI is InChI=1S/C25H34NO4S/c1-2-3-4-5-6-7-8-9-10-11-20-30-24-16-18-25(19-17-24)31(28,29)26-23-14-12-22(21-27)13-15-23/h12-19,26H,2-11,20H2,1H3. The lowest BCUT2D eigenvalue weighted by atomic mass is 10.1. The van der Waals surface area contributed by atoms with Crippen LogP contribution in [0.4, 0.5) is 5.69 Å². The van der Waals surface area contributed by atoms with Gasteiger partial charge in [0.1, 0.15) is 5.75 Å². The second-order valence-corrected chi connectivity index (χ2v) is 9.47. The first-order valence-corrected chi connectivity index (χ1v) is 12.8. The molecule has 0 aromatic heterocycles. The summed E-state index contributed by atoms with van der Waals surface area (Å²) in [6, 6.07) is 12.5. The summed E-state index contributed by atoms with van der Waals surface area (Å²) in [4.78, 5) is 10.7. The molecule has 0 spiro atoms. The van der Waals surface area contributed by atoms with E-state index in [1.54, 1.807) is 18.4 Å². The molecule has 169 valence electrons. The Morgan fingerprint density at radius 3 is 1.87 bits per heavy atom. The fraction of sp³-hybridized carbons (Fsp3) is 0.480. The van der Waals surface area contributed by atoms with Crippen molar-refractivity contribution >= 4 is 22.0 Å². The maximum atomic E-state index is 12.5. The Bertz CT molecular complexity index is 861. The lowest BCUT2D eigenvalue weighted by Crippen LogP contribution is -2.12. The van der Waals surface area contributed by atoms with Crippen LogP contribution in [0, 0.1) is 0 Å². The number of ether oxygens (including phenoxy) is 1. The van der Waals surface area contributed by atoms with Gasteiger partial charge in [0.2, 0.25) is 6.29 Å². The normalized spacial score (nSPS) is 11.3. The minimum Gasteiger partial charge on any atom is -0.494 e. The van der Waals surface area contributed by atoms with E-state index in [4.69, 9.17) is 4.74 Å². The molecule has 0 aliphatic carbocycles. The fourth-order valence-electron chi connectivity index (χ4n) is 3.31. The van der Waals surface area contributed by atoms with Gasteiger partial charge < -0.3 is 4.74 Å². The predicted molar refractivity (Wildman–Crippen MR) is 126 cm³/mol. The number of anilines is 1. The molecule has 0 unspecified atom stereocenters. The number of nitrogens with one attached hydrogen (secondary N) is 1. The second kappa shape index (κ2) is 13.9. The van der Waals surface area contributed by atoms with Crippen molar-refractivity contribution in [3.63, 3.8) is 0 Å². The highest BCUT2D eigenvalue weighted by atomic mass is 32.2. The SMILES string of the molecule is CCCCCCCCCCCCOc1ccc(S(=O)(=O)Nc2ccc([C]=O)cc2)cc1. The third-order valence-electron chi connectivity index (χ3n) is 5.16. The van der Waals surface area contributed by atoms with Crippen LogP contribution in [-0.4, -0.2) is 21.3 Å².